The summed E-state index contributed by atoms with van der Waals surface area (Å²) in [6, 6.07) is 3.89. The number of nitrogens with zero attached hydrogens (tertiary/aromatic N) is 1. The Labute approximate surface area is 134 Å². The van der Waals surface area contributed by atoms with Crippen molar-refractivity contribution in [1.82, 2.24) is 4.98 Å². The van der Waals surface area contributed by atoms with Crippen molar-refractivity contribution in [2.24, 2.45) is 5.73 Å². The van der Waals surface area contributed by atoms with Crippen LogP contribution in [0, 0.1) is 6.92 Å². The molecular weight excluding hydrogens is 278 g/mol. The van der Waals surface area contributed by atoms with Crippen LogP contribution in [-0.4, -0.2) is 16.5 Å². The molecular formula is C17H29N3S. The summed E-state index contributed by atoms with van der Waals surface area (Å²) in [6.07, 6.45) is 10.6. The van der Waals surface area contributed by atoms with Gasteiger partial charge in [-0.05, 0) is 25.5 Å². The summed E-state index contributed by atoms with van der Waals surface area (Å²) in [5.41, 5.74) is 7.55. The highest BCUT2D eigenvalue weighted by Gasteiger charge is 2.06. The number of nitrogens with one attached hydrogen (secondary N) is 1. The maximum Gasteiger partial charge on any atom is 0.136 e. The Morgan fingerprint density at radius 1 is 1.10 bits per heavy atom. The third kappa shape index (κ3) is 7.42. The van der Waals surface area contributed by atoms with E-state index >= 15 is 0 Å². The van der Waals surface area contributed by atoms with Gasteiger partial charge in [0, 0.05) is 12.2 Å². The molecule has 0 aliphatic rings. The average molecular weight is 308 g/mol. The van der Waals surface area contributed by atoms with Gasteiger partial charge < -0.3 is 11.1 Å². The van der Waals surface area contributed by atoms with E-state index in [-0.39, 0.29) is 0 Å². The largest absolute Gasteiger partial charge is 0.389 e. The van der Waals surface area contributed by atoms with Gasteiger partial charge in [-0.25, -0.2) is 4.98 Å². The summed E-state index contributed by atoms with van der Waals surface area (Å²) in [5, 5.41) is 3.37. The Bertz CT molecular complexity index is 432. The fourth-order valence-electron chi connectivity index (χ4n) is 2.36. The zero-order chi connectivity index (χ0) is 15.5. The molecule has 0 aliphatic carbocycles. The van der Waals surface area contributed by atoms with E-state index in [4.69, 9.17) is 18.0 Å². The Balaban J connectivity index is 2.21. The molecule has 3 nitrogen and oxygen atoms in total. The van der Waals surface area contributed by atoms with Gasteiger partial charge in [-0.2, -0.15) is 0 Å². The summed E-state index contributed by atoms with van der Waals surface area (Å²) in [6.45, 7) is 5.16. The first-order chi connectivity index (χ1) is 10.1. The van der Waals surface area contributed by atoms with Gasteiger partial charge in [0.05, 0.1) is 5.56 Å². The summed E-state index contributed by atoms with van der Waals surface area (Å²) in [5.74, 6) is 0.824. The van der Waals surface area contributed by atoms with Crippen molar-refractivity contribution >= 4 is 23.0 Å². The van der Waals surface area contributed by atoms with Gasteiger partial charge in [0.25, 0.3) is 0 Å². The number of rotatable bonds is 11. The number of anilines is 1. The molecule has 0 amide bonds. The monoisotopic (exact) mass is 307 g/mol. The van der Waals surface area contributed by atoms with E-state index in [1.165, 1.54) is 51.4 Å². The van der Waals surface area contributed by atoms with Crippen molar-refractivity contribution in [1.29, 1.82) is 0 Å². The topological polar surface area (TPSA) is 50.9 Å². The number of aromatic nitrogens is 1. The minimum Gasteiger partial charge on any atom is -0.389 e. The Hall–Kier alpha value is -1.16. The molecule has 1 aromatic rings. The van der Waals surface area contributed by atoms with Crippen molar-refractivity contribution in [2.75, 3.05) is 11.9 Å². The van der Waals surface area contributed by atoms with Crippen LogP contribution in [0.1, 0.15) is 69.5 Å². The van der Waals surface area contributed by atoms with Gasteiger partial charge in [0.2, 0.25) is 0 Å². The van der Waals surface area contributed by atoms with E-state index in [2.05, 4.69) is 17.2 Å². The fraction of sp³-hybridized carbons (Fsp3) is 0.647. The normalized spacial score (nSPS) is 10.6. The minimum absolute atomic E-state index is 0.404. The second-order valence-electron chi connectivity index (χ2n) is 5.61. The number of thiocarbonyl (C=S) groups is 1. The molecule has 0 bridgehead atoms. The molecule has 1 heterocycles. The van der Waals surface area contributed by atoms with Crippen LogP contribution in [-0.2, 0) is 0 Å². The second kappa shape index (κ2) is 10.6. The van der Waals surface area contributed by atoms with Crippen molar-refractivity contribution in [3.8, 4) is 0 Å². The Kier molecular flexibility index (Phi) is 8.99. The summed E-state index contributed by atoms with van der Waals surface area (Å²) in [7, 11) is 0. The lowest BCUT2D eigenvalue weighted by Crippen LogP contribution is -2.15. The van der Waals surface area contributed by atoms with Crippen LogP contribution in [0.2, 0.25) is 0 Å². The van der Waals surface area contributed by atoms with Gasteiger partial charge in [0.1, 0.15) is 10.8 Å². The van der Waals surface area contributed by atoms with E-state index < -0.39 is 0 Å². The minimum atomic E-state index is 0.404. The number of hydrogen-bond donors (Lipinski definition) is 2. The zero-order valence-electron chi connectivity index (χ0n) is 13.5. The lowest BCUT2D eigenvalue weighted by atomic mass is 10.1. The molecule has 1 rings (SSSR count). The van der Waals surface area contributed by atoms with Gasteiger partial charge >= 0.3 is 0 Å². The van der Waals surface area contributed by atoms with Gasteiger partial charge in [0.15, 0.2) is 0 Å². The Morgan fingerprint density at radius 3 is 2.33 bits per heavy atom. The molecule has 0 spiro atoms. The summed E-state index contributed by atoms with van der Waals surface area (Å²) < 4.78 is 0. The highest BCUT2D eigenvalue weighted by atomic mass is 32.1. The summed E-state index contributed by atoms with van der Waals surface area (Å²) >= 11 is 5.06. The second-order valence-corrected chi connectivity index (χ2v) is 6.05. The van der Waals surface area contributed by atoms with Crippen LogP contribution in [0.5, 0.6) is 0 Å². The quantitative estimate of drug-likeness (QED) is 0.464. The molecule has 4 heteroatoms. The number of aryl methyl sites for hydroxylation is 1. The van der Waals surface area contributed by atoms with E-state index in [9.17, 15) is 0 Å². The molecule has 0 unspecified atom stereocenters. The predicted octanol–water partition coefficient (Wildman–Crippen LogP) is 4.58. The molecule has 21 heavy (non-hydrogen) atoms. The molecule has 3 N–H and O–H groups in total. The fourth-order valence-corrected chi connectivity index (χ4v) is 2.52. The van der Waals surface area contributed by atoms with Gasteiger partial charge in [-0.3, -0.25) is 0 Å². The predicted molar refractivity (Wildman–Crippen MR) is 96.0 cm³/mol. The maximum atomic E-state index is 5.73. The lowest BCUT2D eigenvalue weighted by molar-refractivity contribution is 0.581. The van der Waals surface area contributed by atoms with Crippen LogP contribution >= 0.6 is 12.2 Å². The number of hydrogen-bond acceptors (Lipinski definition) is 3. The third-order valence-corrected chi connectivity index (χ3v) is 3.84. The van der Waals surface area contributed by atoms with Crippen molar-refractivity contribution in [3.05, 3.63) is 23.4 Å². The van der Waals surface area contributed by atoms with Crippen molar-refractivity contribution in [2.45, 2.75) is 65.2 Å². The molecule has 1 aromatic heterocycles. The number of nitrogens with two attached hydrogens (primary N) is 1. The summed E-state index contributed by atoms with van der Waals surface area (Å²) in [4.78, 5) is 4.89. The van der Waals surface area contributed by atoms with E-state index in [0.29, 0.717) is 4.99 Å². The van der Waals surface area contributed by atoms with E-state index in [1.54, 1.807) is 0 Å². The average Bonchev–Trinajstić information content (AvgIpc) is 2.45. The molecule has 0 aromatic carbocycles. The SMILES string of the molecule is CCCCCCCCCCNc1nc(C)ccc1C(N)=S. The molecule has 0 saturated carbocycles. The molecule has 0 aliphatic heterocycles. The molecule has 118 valence electrons. The standard InChI is InChI=1S/C17H29N3S/c1-3-4-5-6-7-8-9-10-13-19-17-15(16(18)21)12-11-14(2)20-17/h11-12H,3-10,13H2,1-2H3,(H2,18,21)(H,19,20). The highest BCUT2D eigenvalue weighted by Crippen LogP contribution is 2.14. The first-order valence-electron chi connectivity index (χ1n) is 8.16. The smallest absolute Gasteiger partial charge is 0.136 e. The lowest BCUT2D eigenvalue weighted by Gasteiger charge is -2.11. The maximum absolute atomic E-state index is 5.73. The molecule has 0 fully saturated rings. The van der Waals surface area contributed by atoms with Gasteiger partial charge in [-0.1, -0.05) is 64.1 Å². The highest BCUT2D eigenvalue weighted by molar-refractivity contribution is 7.80. The van der Waals surface area contributed by atoms with Gasteiger partial charge in [-0.15, -0.1) is 0 Å². The Morgan fingerprint density at radius 2 is 1.71 bits per heavy atom. The molecule has 0 radical (unpaired) electrons. The van der Waals surface area contributed by atoms with Crippen molar-refractivity contribution < 1.29 is 0 Å². The molecule has 0 atom stereocenters. The first kappa shape index (κ1) is 17.9. The molecule has 0 saturated heterocycles. The van der Waals surface area contributed by atoms with Crippen LogP contribution in [0.25, 0.3) is 0 Å². The van der Waals surface area contributed by atoms with Crippen LogP contribution < -0.4 is 11.1 Å². The number of unbranched alkanes of at least 4 members (excludes halogenated alkanes) is 7. The van der Waals surface area contributed by atoms with Crippen LogP contribution in [0.4, 0.5) is 5.82 Å². The number of pyridine rings is 1. The van der Waals surface area contributed by atoms with Crippen LogP contribution in [0.15, 0.2) is 12.1 Å². The van der Waals surface area contributed by atoms with E-state index in [0.717, 1.165) is 23.6 Å². The van der Waals surface area contributed by atoms with Crippen molar-refractivity contribution in [3.63, 3.8) is 0 Å². The first-order valence-corrected chi connectivity index (χ1v) is 8.57. The zero-order valence-corrected chi connectivity index (χ0v) is 14.3. The third-order valence-electron chi connectivity index (χ3n) is 3.62. The van der Waals surface area contributed by atoms with E-state index in [1.807, 2.05) is 19.1 Å². The van der Waals surface area contributed by atoms with Crippen LogP contribution in [0.3, 0.4) is 0 Å².